The lowest BCUT2D eigenvalue weighted by Crippen LogP contribution is -2.52. The summed E-state index contributed by atoms with van der Waals surface area (Å²) in [5.74, 6) is -0.00874. The third-order valence-corrected chi connectivity index (χ3v) is 4.50. The van der Waals surface area contributed by atoms with Gasteiger partial charge in [0.2, 0.25) is 0 Å². The number of carbonyl (C=O) groups is 1. The maximum atomic E-state index is 12.7. The molecule has 2 N–H and O–H groups in total. The van der Waals surface area contributed by atoms with Crippen LogP contribution in [0.1, 0.15) is 17.4 Å². The quantitative estimate of drug-likeness (QED) is 0.835. The van der Waals surface area contributed by atoms with Gasteiger partial charge in [-0.3, -0.25) is 9.89 Å². The molecule has 5 nitrogen and oxygen atoms in total. The largest absolute Gasteiger partial charge is 0.332 e. The van der Waals surface area contributed by atoms with Crippen LogP contribution < -0.4 is 5.32 Å². The molecule has 3 rings (SSSR count). The molecule has 0 unspecified atom stereocenters. The SMILES string of the molecule is C[C@@H]1CNCCN1C(=O)c1[nH]nc(-c2ccccc2)c1Br.Cl. The van der Waals surface area contributed by atoms with Crippen molar-refractivity contribution in [3.05, 3.63) is 40.5 Å². The average molecular weight is 386 g/mol. The molecule has 1 aromatic heterocycles. The highest BCUT2D eigenvalue weighted by molar-refractivity contribution is 9.10. The number of carbonyl (C=O) groups excluding carboxylic acids is 1. The number of nitrogens with one attached hydrogen (secondary N) is 2. The van der Waals surface area contributed by atoms with Crippen LogP contribution in [0, 0.1) is 0 Å². The van der Waals surface area contributed by atoms with Crippen LogP contribution in [0.15, 0.2) is 34.8 Å². The Balaban J connectivity index is 0.00000176. The van der Waals surface area contributed by atoms with Crippen LogP contribution in [-0.4, -0.2) is 46.7 Å². The summed E-state index contributed by atoms with van der Waals surface area (Å²) in [7, 11) is 0. The number of amides is 1. The van der Waals surface area contributed by atoms with Crippen LogP contribution >= 0.6 is 28.3 Å². The monoisotopic (exact) mass is 384 g/mol. The fraction of sp³-hybridized carbons (Fsp3) is 0.333. The van der Waals surface area contributed by atoms with Gasteiger partial charge in [-0.2, -0.15) is 5.10 Å². The molecule has 0 aliphatic carbocycles. The predicted molar refractivity (Wildman–Crippen MR) is 92.3 cm³/mol. The molecule has 7 heteroatoms. The van der Waals surface area contributed by atoms with Gasteiger partial charge in [0, 0.05) is 31.2 Å². The Morgan fingerprint density at radius 3 is 2.77 bits per heavy atom. The number of rotatable bonds is 2. The van der Waals surface area contributed by atoms with Gasteiger partial charge < -0.3 is 10.2 Å². The Kier molecular flexibility index (Phi) is 5.61. The van der Waals surface area contributed by atoms with Crippen molar-refractivity contribution in [2.75, 3.05) is 19.6 Å². The van der Waals surface area contributed by atoms with Gasteiger partial charge in [-0.15, -0.1) is 12.4 Å². The molecule has 0 spiro atoms. The number of benzene rings is 1. The first-order chi connectivity index (χ1) is 10.2. The van der Waals surface area contributed by atoms with Crippen molar-refractivity contribution in [2.45, 2.75) is 13.0 Å². The highest BCUT2D eigenvalue weighted by Crippen LogP contribution is 2.29. The zero-order chi connectivity index (χ0) is 14.8. The smallest absolute Gasteiger partial charge is 0.273 e. The van der Waals surface area contributed by atoms with Crippen molar-refractivity contribution in [1.29, 1.82) is 0 Å². The van der Waals surface area contributed by atoms with Crippen molar-refractivity contribution < 1.29 is 4.79 Å². The average Bonchev–Trinajstić information content (AvgIpc) is 2.90. The second-order valence-corrected chi connectivity index (χ2v) is 5.97. The molecule has 22 heavy (non-hydrogen) atoms. The summed E-state index contributed by atoms with van der Waals surface area (Å²) in [5, 5.41) is 10.5. The molecular weight excluding hydrogens is 368 g/mol. The maximum Gasteiger partial charge on any atom is 0.273 e. The van der Waals surface area contributed by atoms with E-state index in [1.807, 2.05) is 42.2 Å². The zero-order valence-corrected chi connectivity index (χ0v) is 14.6. The van der Waals surface area contributed by atoms with Gasteiger partial charge in [0.1, 0.15) is 11.4 Å². The predicted octanol–water partition coefficient (Wildman–Crippen LogP) is 2.69. The van der Waals surface area contributed by atoms with Crippen LogP contribution in [0.5, 0.6) is 0 Å². The topological polar surface area (TPSA) is 61.0 Å². The molecular formula is C15H18BrClN4O. The number of hydrogen-bond donors (Lipinski definition) is 2. The van der Waals surface area contributed by atoms with E-state index >= 15 is 0 Å². The second-order valence-electron chi connectivity index (χ2n) is 5.18. The summed E-state index contributed by atoms with van der Waals surface area (Å²) in [6, 6.07) is 10.00. The van der Waals surface area contributed by atoms with E-state index in [2.05, 4.69) is 31.4 Å². The molecule has 1 aliphatic rings. The van der Waals surface area contributed by atoms with Crippen LogP contribution in [0.2, 0.25) is 0 Å². The minimum absolute atomic E-state index is 0. The lowest BCUT2D eigenvalue weighted by atomic mass is 10.1. The van der Waals surface area contributed by atoms with Crippen molar-refractivity contribution in [1.82, 2.24) is 20.4 Å². The van der Waals surface area contributed by atoms with Gasteiger partial charge >= 0.3 is 0 Å². The van der Waals surface area contributed by atoms with E-state index < -0.39 is 0 Å². The summed E-state index contributed by atoms with van der Waals surface area (Å²) in [6.07, 6.45) is 0. The van der Waals surface area contributed by atoms with Gasteiger partial charge in [0.15, 0.2) is 0 Å². The van der Waals surface area contributed by atoms with E-state index in [4.69, 9.17) is 0 Å². The highest BCUT2D eigenvalue weighted by atomic mass is 79.9. The van der Waals surface area contributed by atoms with E-state index in [9.17, 15) is 4.79 Å². The van der Waals surface area contributed by atoms with E-state index in [1.54, 1.807) is 0 Å². The Hall–Kier alpha value is -1.37. The minimum atomic E-state index is -0.00874. The summed E-state index contributed by atoms with van der Waals surface area (Å²) in [6.45, 7) is 4.41. The van der Waals surface area contributed by atoms with E-state index in [0.29, 0.717) is 12.2 Å². The first-order valence-electron chi connectivity index (χ1n) is 6.99. The number of piperazine rings is 1. The number of hydrogen-bond acceptors (Lipinski definition) is 3. The first kappa shape index (κ1) is 17.0. The fourth-order valence-electron chi connectivity index (χ4n) is 2.54. The van der Waals surface area contributed by atoms with Crippen molar-refractivity contribution in [2.24, 2.45) is 0 Å². The number of H-pyrrole nitrogens is 1. The Morgan fingerprint density at radius 1 is 1.36 bits per heavy atom. The molecule has 118 valence electrons. The summed E-state index contributed by atoms with van der Waals surface area (Å²) < 4.78 is 0.726. The Bertz CT molecular complexity index is 646. The maximum absolute atomic E-state index is 12.7. The zero-order valence-electron chi connectivity index (χ0n) is 12.2. The third-order valence-electron chi connectivity index (χ3n) is 3.73. The normalized spacial score (nSPS) is 17.9. The molecule has 1 aliphatic heterocycles. The molecule has 1 aromatic carbocycles. The Morgan fingerprint density at radius 2 is 2.09 bits per heavy atom. The molecule has 0 bridgehead atoms. The molecule has 1 fully saturated rings. The van der Waals surface area contributed by atoms with E-state index in [-0.39, 0.29) is 24.4 Å². The first-order valence-corrected chi connectivity index (χ1v) is 7.78. The van der Waals surface area contributed by atoms with E-state index in [1.165, 1.54) is 0 Å². The second kappa shape index (κ2) is 7.26. The summed E-state index contributed by atoms with van der Waals surface area (Å²) in [4.78, 5) is 14.6. The number of nitrogens with zero attached hydrogens (tertiary/aromatic N) is 2. The molecule has 1 saturated heterocycles. The van der Waals surface area contributed by atoms with Gasteiger partial charge in [-0.05, 0) is 22.9 Å². The highest BCUT2D eigenvalue weighted by Gasteiger charge is 2.28. The lowest BCUT2D eigenvalue weighted by molar-refractivity contribution is 0.0648. The minimum Gasteiger partial charge on any atom is -0.332 e. The van der Waals surface area contributed by atoms with Crippen molar-refractivity contribution in [3.8, 4) is 11.3 Å². The number of aromatic amines is 1. The summed E-state index contributed by atoms with van der Waals surface area (Å²) in [5.41, 5.74) is 2.26. The molecule has 1 amide bonds. The molecule has 0 radical (unpaired) electrons. The van der Waals surface area contributed by atoms with Gasteiger partial charge in [0.25, 0.3) is 5.91 Å². The van der Waals surface area contributed by atoms with Crippen LogP contribution in [0.3, 0.4) is 0 Å². The van der Waals surface area contributed by atoms with Gasteiger partial charge in [0.05, 0.1) is 4.47 Å². The van der Waals surface area contributed by atoms with Crippen molar-refractivity contribution in [3.63, 3.8) is 0 Å². The van der Waals surface area contributed by atoms with E-state index in [0.717, 1.165) is 28.8 Å². The van der Waals surface area contributed by atoms with Gasteiger partial charge in [-0.25, -0.2) is 0 Å². The summed E-state index contributed by atoms with van der Waals surface area (Å²) >= 11 is 3.52. The van der Waals surface area contributed by atoms with Crippen molar-refractivity contribution >= 4 is 34.2 Å². The molecule has 2 heterocycles. The Labute approximate surface area is 144 Å². The molecule has 1 atom stereocenters. The van der Waals surface area contributed by atoms with Crippen LogP contribution in [-0.2, 0) is 0 Å². The molecule has 2 aromatic rings. The number of halogens is 2. The van der Waals surface area contributed by atoms with Crippen LogP contribution in [0.25, 0.3) is 11.3 Å². The standard InChI is InChI=1S/C15H17BrN4O.ClH/c1-10-9-17-7-8-20(10)15(21)14-12(16)13(18-19-14)11-5-3-2-4-6-11;/h2-6,10,17H,7-9H2,1H3,(H,18,19);1H/t10-;/m1./s1. The lowest BCUT2D eigenvalue weighted by Gasteiger charge is -2.33. The fourth-order valence-corrected chi connectivity index (χ4v) is 3.12. The van der Waals surface area contributed by atoms with Gasteiger partial charge in [-0.1, -0.05) is 30.3 Å². The van der Waals surface area contributed by atoms with Crippen LogP contribution in [0.4, 0.5) is 0 Å². The number of aromatic nitrogens is 2. The molecule has 0 saturated carbocycles. The third kappa shape index (κ3) is 3.19.